The van der Waals surface area contributed by atoms with Gasteiger partial charge in [-0.05, 0) is 48.0 Å². The van der Waals surface area contributed by atoms with E-state index < -0.39 is 0 Å². The van der Waals surface area contributed by atoms with E-state index in [1.165, 1.54) is 0 Å². The third-order valence-electron chi connectivity index (χ3n) is 5.15. The van der Waals surface area contributed by atoms with Gasteiger partial charge >= 0.3 is 0 Å². The van der Waals surface area contributed by atoms with Gasteiger partial charge in [-0.1, -0.05) is 0 Å². The first kappa shape index (κ1) is 20.0. The Morgan fingerprint density at radius 2 is 1.90 bits per heavy atom. The summed E-state index contributed by atoms with van der Waals surface area (Å²) in [6.45, 7) is 0. The molecule has 4 rings (SSSR count). The van der Waals surface area contributed by atoms with Crippen molar-refractivity contribution < 1.29 is 4.79 Å². The van der Waals surface area contributed by atoms with Crippen LogP contribution in [-0.2, 0) is 0 Å². The maximum absolute atomic E-state index is 13.0. The van der Waals surface area contributed by atoms with Crippen molar-refractivity contribution in [1.29, 1.82) is 5.41 Å². The molecule has 8 nitrogen and oxygen atoms in total. The Labute approximate surface area is 179 Å². The number of rotatable bonds is 5. The van der Waals surface area contributed by atoms with E-state index in [9.17, 15) is 4.79 Å². The van der Waals surface area contributed by atoms with Crippen molar-refractivity contribution in [1.82, 2.24) is 9.97 Å². The normalized spacial score (nSPS) is 10.8. The molecule has 8 heteroatoms. The Morgan fingerprint density at radius 3 is 2.58 bits per heavy atom. The minimum atomic E-state index is -0.346. The standard InChI is InChI=1S/C23H23N7O/c1-30(2)16-5-3-15(4-6-16)29-23(31)18-8-13(7-14(10-24)22(18)26)19-11-27-20-12-28-21(25)9-17(19)20/h3-12,24,27H,26H2,1-2H3,(H2,25,28)(H,29,31). The Hall–Kier alpha value is -4.33. The smallest absolute Gasteiger partial charge is 0.257 e. The first-order chi connectivity index (χ1) is 14.9. The summed E-state index contributed by atoms with van der Waals surface area (Å²) in [5.41, 5.74) is 17.2. The Kier molecular flexibility index (Phi) is 5.04. The minimum absolute atomic E-state index is 0.252. The van der Waals surface area contributed by atoms with Crippen molar-refractivity contribution in [2.75, 3.05) is 35.8 Å². The van der Waals surface area contributed by atoms with Gasteiger partial charge in [-0.3, -0.25) is 4.79 Å². The molecule has 2 aromatic carbocycles. The van der Waals surface area contributed by atoms with Gasteiger partial charge in [0.05, 0.1) is 23.0 Å². The maximum Gasteiger partial charge on any atom is 0.257 e. The van der Waals surface area contributed by atoms with E-state index in [1.807, 2.05) is 49.5 Å². The van der Waals surface area contributed by atoms with E-state index in [1.54, 1.807) is 24.4 Å². The average Bonchev–Trinajstić information content (AvgIpc) is 3.17. The highest BCUT2D eigenvalue weighted by atomic mass is 16.1. The molecule has 0 aliphatic rings. The van der Waals surface area contributed by atoms with Crippen molar-refractivity contribution >= 4 is 45.9 Å². The number of anilines is 4. The van der Waals surface area contributed by atoms with Crippen LogP contribution in [0.4, 0.5) is 22.9 Å². The highest BCUT2D eigenvalue weighted by Crippen LogP contribution is 2.33. The number of aromatic nitrogens is 2. The van der Waals surface area contributed by atoms with Gasteiger partial charge < -0.3 is 32.1 Å². The van der Waals surface area contributed by atoms with Gasteiger partial charge in [-0.15, -0.1) is 0 Å². The molecule has 156 valence electrons. The second-order valence-electron chi connectivity index (χ2n) is 7.42. The van der Waals surface area contributed by atoms with Gasteiger partial charge in [0.25, 0.3) is 5.91 Å². The largest absolute Gasteiger partial charge is 0.398 e. The third kappa shape index (κ3) is 3.78. The first-order valence-electron chi connectivity index (χ1n) is 9.63. The number of benzene rings is 2. The summed E-state index contributed by atoms with van der Waals surface area (Å²) in [5.74, 6) is 0.0521. The second kappa shape index (κ2) is 7.83. The number of nitrogen functional groups attached to an aromatic ring is 2. The fourth-order valence-electron chi connectivity index (χ4n) is 3.46. The fourth-order valence-corrected chi connectivity index (χ4v) is 3.46. The zero-order valence-corrected chi connectivity index (χ0v) is 17.2. The van der Waals surface area contributed by atoms with Crippen molar-refractivity contribution in [3.05, 3.63) is 66.0 Å². The summed E-state index contributed by atoms with van der Waals surface area (Å²) in [5, 5.41) is 11.5. The molecule has 2 aromatic heterocycles. The van der Waals surface area contributed by atoms with Gasteiger partial charge in [0.15, 0.2) is 0 Å². The molecule has 0 atom stereocenters. The summed E-state index contributed by atoms with van der Waals surface area (Å²) in [6.07, 6.45) is 4.63. The van der Waals surface area contributed by atoms with Crippen LogP contribution < -0.4 is 21.7 Å². The van der Waals surface area contributed by atoms with Gasteiger partial charge in [-0.25, -0.2) is 4.98 Å². The molecule has 0 fully saturated rings. The summed E-state index contributed by atoms with van der Waals surface area (Å²) in [7, 11) is 3.90. The molecule has 0 saturated heterocycles. The SMILES string of the molecule is CN(C)c1ccc(NC(=O)c2cc(-c3c[nH]c4cnc(N)cc34)cc(C=N)c2N)cc1. The quantitative estimate of drug-likeness (QED) is 0.251. The number of carbonyl (C=O) groups excluding carboxylic acids is 1. The van der Waals surface area contributed by atoms with E-state index >= 15 is 0 Å². The lowest BCUT2D eigenvalue weighted by molar-refractivity contribution is 0.102. The first-order valence-corrected chi connectivity index (χ1v) is 9.63. The Balaban J connectivity index is 1.74. The number of H-pyrrole nitrogens is 1. The number of pyridine rings is 1. The van der Waals surface area contributed by atoms with Crippen LogP contribution in [0.1, 0.15) is 15.9 Å². The number of nitrogens with zero attached hydrogens (tertiary/aromatic N) is 2. The number of hydrogen-bond donors (Lipinski definition) is 5. The molecule has 0 radical (unpaired) electrons. The summed E-state index contributed by atoms with van der Waals surface area (Å²) < 4.78 is 0. The zero-order valence-electron chi connectivity index (χ0n) is 17.2. The highest BCUT2D eigenvalue weighted by molar-refractivity contribution is 6.11. The van der Waals surface area contributed by atoms with Gasteiger partial charge in [0.2, 0.25) is 0 Å². The molecule has 1 amide bonds. The number of fused-ring (bicyclic) bond motifs is 1. The van der Waals surface area contributed by atoms with Gasteiger partial charge in [0.1, 0.15) is 5.82 Å². The lowest BCUT2D eigenvalue weighted by Crippen LogP contribution is -2.15. The monoisotopic (exact) mass is 413 g/mol. The Bertz CT molecular complexity index is 1290. The van der Waals surface area contributed by atoms with Crippen LogP contribution in [0.2, 0.25) is 0 Å². The number of amides is 1. The van der Waals surface area contributed by atoms with Gasteiger partial charge in [-0.2, -0.15) is 0 Å². The van der Waals surface area contributed by atoms with E-state index in [2.05, 4.69) is 15.3 Å². The fraction of sp³-hybridized carbons (Fsp3) is 0.0870. The van der Waals surface area contributed by atoms with Crippen LogP contribution in [0.5, 0.6) is 0 Å². The lowest BCUT2D eigenvalue weighted by Gasteiger charge is -2.14. The second-order valence-corrected chi connectivity index (χ2v) is 7.42. The molecule has 4 aromatic rings. The van der Waals surface area contributed by atoms with E-state index in [4.69, 9.17) is 16.9 Å². The van der Waals surface area contributed by atoms with Crippen molar-refractivity contribution in [3.63, 3.8) is 0 Å². The summed E-state index contributed by atoms with van der Waals surface area (Å²) in [6, 6.07) is 12.8. The number of nitrogens with two attached hydrogens (primary N) is 2. The van der Waals surface area contributed by atoms with Crippen LogP contribution in [0, 0.1) is 5.41 Å². The zero-order chi connectivity index (χ0) is 22.1. The molecule has 31 heavy (non-hydrogen) atoms. The van der Waals surface area contributed by atoms with Crippen molar-refractivity contribution in [2.45, 2.75) is 0 Å². The van der Waals surface area contributed by atoms with E-state index in [0.29, 0.717) is 22.6 Å². The summed E-state index contributed by atoms with van der Waals surface area (Å²) in [4.78, 5) is 22.3. The van der Waals surface area contributed by atoms with Crippen LogP contribution in [-0.4, -0.2) is 36.2 Å². The predicted octanol–water partition coefficient (Wildman–Crippen LogP) is 3.71. The average molecular weight is 413 g/mol. The molecule has 0 aliphatic carbocycles. The molecule has 2 heterocycles. The number of aromatic amines is 1. The maximum atomic E-state index is 13.0. The predicted molar refractivity (Wildman–Crippen MR) is 127 cm³/mol. The minimum Gasteiger partial charge on any atom is -0.398 e. The molecule has 0 unspecified atom stereocenters. The topological polar surface area (TPSA) is 137 Å². The van der Waals surface area contributed by atoms with E-state index in [-0.39, 0.29) is 11.6 Å². The van der Waals surface area contributed by atoms with Crippen molar-refractivity contribution in [3.8, 4) is 11.1 Å². The Morgan fingerprint density at radius 1 is 1.16 bits per heavy atom. The van der Waals surface area contributed by atoms with Crippen LogP contribution >= 0.6 is 0 Å². The third-order valence-corrected chi connectivity index (χ3v) is 5.15. The molecule has 0 spiro atoms. The molecule has 7 N–H and O–H groups in total. The molecule has 0 aliphatic heterocycles. The summed E-state index contributed by atoms with van der Waals surface area (Å²) >= 11 is 0. The lowest BCUT2D eigenvalue weighted by atomic mass is 9.97. The number of hydrogen-bond acceptors (Lipinski definition) is 6. The number of carbonyl (C=O) groups is 1. The van der Waals surface area contributed by atoms with Crippen LogP contribution in [0.25, 0.3) is 22.0 Å². The molecule has 0 saturated carbocycles. The van der Waals surface area contributed by atoms with Crippen LogP contribution in [0.3, 0.4) is 0 Å². The molecular formula is C23H23N7O. The van der Waals surface area contributed by atoms with Crippen molar-refractivity contribution in [2.24, 2.45) is 0 Å². The van der Waals surface area contributed by atoms with Gasteiger partial charge in [0, 0.05) is 54.4 Å². The highest BCUT2D eigenvalue weighted by Gasteiger charge is 2.17. The van der Waals surface area contributed by atoms with Crippen LogP contribution in [0.15, 0.2) is 54.9 Å². The van der Waals surface area contributed by atoms with E-state index in [0.717, 1.165) is 33.9 Å². The number of nitrogens with one attached hydrogen (secondary N) is 3. The molecule has 0 bridgehead atoms. The molecular weight excluding hydrogens is 390 g/mol.